The van der Waals surface area contributed by atoms with Crippen molar-refractivity contribution < 1.29 is 18.0 Å². The highest BCUT2D eigenvalue weighted by Crippen LogP contribution is 2.38. The molecule has 0 radical (unpaired) electrons. The van der Waals surface area contributed by atoms with Gasteiger partial charge in [0, 0.05) is 5.69 Å². The molecule has 0 saturated carbocycles. The molecule has 0 heterocycles. The van der Waals surface area contributed by atoms with E-state index in [9.17, 15) is 18.0 Å². The third kappa shape index (κ3) is 3.42. The molecule has 146 valence electrons. The Bertz CT molecular complexity index is 1040. The molecule has 0 aromatic heterocycles. The largest absolute Gasteiger partial charge is 0.323 e. The SMILES string of the molecule is Cc1ccc(S(=O)(=O)NC(=O)C(=O)Nc2c3c(cc4c2CCC4)CCC3)cc1. The molecule has 4 rings (SSSR count). The second-order valence-corrected chi connectivity index (χ2v) is 9.12. The maximum atomic E-state index is 12.5. The fourth-order valence-electron chi connectivity index (χ4n) is 4.08. The standard InChI is InChI=1S/C21H22N2O4S/c1-13-8-10-16(11-9-13)28(26,27)23-21(25)20(24)22-19-17-6-2-4-14(17)12-15-5-3-7-18(15)19/h8-12H,2-7H2,1H3,(H,22,24)(H,23,25). The molecule has 0 atom stereocenters. The fourth-order valence-corrected chi connectivity index (χ4v) is 5.03. The van der Waals surface area contributed by atoms with Gasteiger partial charge in [0.15, 0.2) is 0 Å². The smallest absolute Gasteiger partial charge is 0.317 e. The van der Waals surface area contributed by atoms with E-state index < -0.39 is 21.8 Å². The molecule has 2 aromatic carbocycles. The number of anilines is 1. The minimum atomic E-state index is -4.10. The molecular weight excluding hydrogens is 376 g/mol. The molecule has 7 heteroatoms. The number of sulfonamides is 1. The number of fused-ring (bicyclic) bond motifs is 2. The molecule has 2 aliphatic carbocycles. The van der Waals surface area contributed by atoms with Gasteiger partial charge >= 0.3 is 11.8 Å². The highest BCUT2D eigenvalue weighted by molar-refractivity contribution is 7.90. The van der Waals surface area contributed by atoms with Gasteiger partial charge in [0.05, 0.1) is 4.90 Å². The van der Waals surface area contributed by atoms with Crippen LogP contribution in [0.4, 0.5) is 5.69 Å². The van der Waals surface area contributed by atoms with Crippen LogP contribution in [0.1, 0.15) is 40.7 Å². The predicted octanol–water partition coefficient (Wildman–Crippen LogP) is 2.42. The summed E-state index contributed by atoms with van der Waals surface area (Å²) in [5.41, 5.74) is 6.24. The zero-order valence-corrected chi connectivity index (χ0v) is 16.5. The van der Waals surface area contributed by atoms with E-state index in [2.05, 4.69) is 11.4 Å². The minimum Gasteiger partial charge on any atom is -0.317 e. The van der Waals surface area contributed by atoms with Crippen molar-refractivity contribution in [2.75, 3.05) is 5.32 Å². The van der Waals surface area contributed by atoms with Crippen molar-refractivity contribution in [1.29, 1.82) is 0 Å². The minimum absolute atomic E-state index is 0.0549. The monoisotopic (exact) mass is 398 g/mol. The van der Waals surface area contributed by atoms with E-state index in [-0.39, 0.29) is 4.90 Å². The van der Waals surface area contributed by atoms with E-state index >= 15 is 0 Å². The molecule has 0 unspecified atom stereocenters. The van der Waals surface area contributed by atoms with Crippen LogP contribution in [0.5, 0.6) is 0 Å². The lowest BCUT2D eigenvalue weighted by Crippen LogP contribution is -2.39. The average molecular weight is 398 g/mol. The van der Waals surface area contributed by atoms with Crippen molar-refractivity contribution in [3.63, 3.8) is 0 Å². The first kappa shape index (κ1) is 18.7. The van der Waals surface area contributed by atoms with Gasteiger partial charge < -0.3 is 5.32 Å². The van der Waals surface area contributed by atoms with Crippen LogP contribution in [0, 0.1) is 6.92 Å². The van der Waals surface area contributed by atoms with Crippen LogP contribution in [-0.2, 0) is 45.3 Å². The van der Waals surface area contributed by atoms with Gasteiger partial charge in [-0.3, -0.25) is 9.59 Å². The van der Waals surface area contributed by atoms with Gasteiger partial charge in [0.2, 0.25) is 0 Å². The normalized spacial score (nSPS) is 15.0. The Kier molecular flexibility index (Phi) is 4.71. The van der Waals surface area contributed by atoms with Crippen LogP contribution in [0.3, 0.4) is 0 Å². The summed E-state index contributed by atoms with van der Waals surface area (Å²) in [6, 6.07) is 8.30. The molecule has 0 fully saturated rings. The number of hydrogen-bond acceptors (Lipinski definition) is 4. The second kappa shape index (κ2) is 7.05. The number of carbonyl (C=O) groups excluding carboxylic acids is 2. The van der Waals surface area contributed by atoms with Gasteiger partial charge in [-0.25, -0.2) is 13.1 Å². The number of rotatable bonds is 3. The molecule has 28 heavy (non-hydrogen) atoms. The summed E-state index contributed by atoms with van der Waals surface area (Å²) < 4.78 is 26.6. The van der Waals surface area contributed by atoms with Gasteiger partial charge in [0.25, 0.3) is 10.0 Å². The Morgan fingerprint density at radius 1 is 0.857 bits per heavy atom. The van der Waals surface area contributed by atoms with E-state index in [1.165, 1.54) is 23.3 Å². The molecule has 2 amide bonds. The van der Waals surface area contributed by atoms with Crippen molar-refractivity contribution in [1.82, 2.24) is 4.72 Å². The summed E-state index contributed by atoms with van der Waals surface area (Å²) in [5, 5.41) is 2.71. The number of nitrogens with one attached hydrogen (secondary N) is 2. The fraction of sp³-hybridized carbons (Fsp3) is 0.333. The van der Waals surface area contributed by atoms with Crippen LogP contribution in [0.15, 0.2) is 35.2 Å². The zero-order valence-electron chi connectivity index (χ0n) is 15.7. The van der Waals surface area contributed by atoms with Gasteiger partial charge in [-0.1, -0.05) is 23.8 Å². The van der Waals surface area contributed by atoms with Crippen molar-refractivity contribution >= 4 is 27.5 Å². The number of amides is 2. The molecule has 2 aliphatic rings. The molecule has 0 saturated heterocycles. The summed E-state index contributed by atoms with van der Waals surface area (Å²) in [5.74, 6) is -2.13. The highest BCUT2D eigenvalue weighted by atomic mass is 32.2. The van der Waals surface area contributed by atoms with Gasteiger partial charge in [0.1, 0.15) is 0 Å². The van der Waals surface area contributed by atoms with Crippen LogP contribution >= 0.6 is 0 Å². The third-order valence-electron chi connectivity index (χ3n) is 5.48. The van der Waals surface area contributed by atoms with Gasteiger partial charge in [-0.05, 0) is 79.8 Å². The summed E-state index contributed by atoms with van der Waals surface area (Å²) in [6.07, 6.45) is 5.71. The van der Waals surface area contributed by atoms with Crippen LogP contribution in [0.2, 0.25) is 0 Å². The summed E-state index contributed by atoms with van der Waals surface area (Å²) in [6.45, 7) is 1.83. The molecule has 2 aromatic rings. The van der Waals surface area contributed by atoms with Crippen molar-refractivity contribution in [3.8, 4) is 0 Å². The summed E-state index contributed by atoms with van der Waals surface area (Å²) >= 11 is 0. The number of hydrogen-bond donors (Lipinski definition) is 2. The Hall–Kier alpha value is -2.67. The van der Waals surface area contributed by atoms with E-state index in [0.717, 1.165) is 60.9 Å². The molecule has 0 aliphatic heterocycles. The molecule has 2 N–H and O–H groups in total. The van der Waals surface area contributed by atoms with E-state index in [0.29, 0.717) is 0 Å². The first-order valence-corrected chi connectivity index (χ1v) is 10.9. The number of aryl methyl sites for hydroxylation is 3. The van der Waals surface area contributed by atoms with Crippen LogP contribution in [0.25, 0.3) is 0 Å². The molecule has 0 bridgehead atoms. The van der Waals surface area contributed by atoms with Crippen molar-refractivity contribution in [3.05, 3.63) is 58.1 Å². The Labute approximate surface area is 164 Å². The van der Waals surface area contributed by atoms with Crippen LogP contribution in [-0.4, -0.2) is 20.2 Å². The van der Waals surface area contributed by atoms with Crippen molar-refractivity contribution in [2.45, 2.75) is 50.3 Å². The Morgan fingerprint density at radius 2 is 1.43 bits per heavy atom. The van der Waals surface area contributed by atoms with Gasteiger partial charge in [-0.2, -0.15) is 0 Å². The lowest BCUT2D eigenvalue weighted by Gasteiger charge is -2.16. The first-order chi connectivity index (χ1) is 13.3. The highest BCUT2D eigenvalue weighted by Gasteiger charge is 2.28. The van der Waals surface area contributed by atoms with E-state index in [4.69, 9.17) is 0 Å². The maximum Gasteiger partial charge on any atom is 0.323 e. The molecule has 0 spiro atoms. The summed E-state index contributed by atoms with van der Waals surface area (Å²) in [7, 11) is -4.10. The van der Waals surface area contributed by atoms with E-state index in [1.807, 2.05) is 11.6 Å². The zero-order chi connectivity index (χ0) is 19.9. The quantitative estimate of drug-likeness (QED) is 0.777. The second-order valence-electron chi connectivity index (χ2n) is 7.44. The maximum absolute atomic E-state index is 12.5. The molecular formula is C21H22N2O4S. The van der Waals surface area contributed by atoms with Crippen LogP contribution < -0.4 is 10.0 Å². The first-order valence-electron chi connectivity index (χ1n) is 9.46. The van der Waals surface area contributed by atoms with E-state index in [1.54, 1.807) is 12.1 Å². The third-order valence-corrected chi connectivity index (χ3v) is 6.82. The lowest BCUT2D eigenvalue weighted by atomic mass is 9.98. The number of benzene rings is 2. The lowest BCUT2D eigenvalue weighted by molar-refractivity contribution is -0.135. The Balaban J connectivity index is 1.55. The summed E-state index contributed by atoms with van der Waals surface area (Å²) in [4.78, 5) is 24.7. The van der Waals surface area contributed by atoms with Crippen molar-refractivity contribution in [2.24, 2.45) is 0 Å². The molecule has 6 nitrogen and oxygen atoms in total. The topological polar surface area (TPSA) is 92.3 Å². The Morgan fingerprint density at radius 3 is 2.00 bits per heavy atom. The average Bonchev–Trinajstić information content (AvgIpc) is 3.30. The predicted molar refractivity (Wildman–Crippen MR) is 106 cm³/mol. The number of carbonyl (C=O) groups is 2. The van der Waals surface area contributed by atoms with Gasteiger partial charge in [-0.15, -0.1) is 0 Å².